The van der Waals surface area contributed by atoms with E-state index < -0.39 is 5.60 Å². The number of fused-ring (bicyclic) bond motifs is 1. The minimum Gasteiger partial charge on any atom is -0.383 e. The lowest BCUT2D eigenvalue weighted by Crippen LogP contribution is -2.27. The van der Waals surface area contributed by atoms with Crippen LogP contribution in [0, 0.1) is 0 Å². The molecule has 0 spiro atoms. The number of aliphatic hydroxyl groups is 1. The summed E-state index contributed by atoms with van der Waals surface area (Å²) in [4.78, 5) is 0. The largest absolute Gasteiger partial charge is 0.383 e. The van der Waals surface area contributed by atoms with Crippen LogP contribution in [0.25, 0.3) is 10.8 Å². The number of rotatable bonds is 3. The predicted octanol–water partition coefficient (Wildman–Crippen LogP) is 2.69. The number of methoxy groups -OCH3 is 1. The summed E-state index contributed by atoms with van der Waals surface area (Å²) < 4.78 is 5.06. The second kappa shape index (κ2) is 4.24. The third kappa shape index (κ3) is 1.94. The van der Waals surface area contributed by atoms with Gasteiger partial charge in [-0.2, -0.15) is 0 Å². The normalized spacial score (nSPS) is 14.9. The molecule has 16 heavy (non-hydrogen) atoms. The number of benzene rings is 2. The molecule has 2 aromatic rings. The van der Waals surface area contributed by atoms with Crippen LogP contribution in [0.2, 0.25) is 0 Å². The average Bonchev–Trinajstić information content (AvgIpc) is 2.28. The van der Waals surface area contributed by atoms with Crippen molar-refractivity contribution in [2.24, 2.45) is 0 Å². The summed E-state index contributed by atoms with van der Waals surface area (Å²) in [6.07, 6.45) is 0. The van der Waals surface area contributed by atoms with Gasteiger partial charge in [-0.25, -0.2) is 0 Å². The van der Waals surface area contributed by atoms with Gasteiger partial charge in [0.1, 0.15) is 5.60 Å². The van der Waals surface area contributed by atoms with E-state index in [0.29, 0.717) is 6.61 Å². The summed E-state index contributed by atoms with van der Waals surface area (Å²) in [6, 6.07) is 14.0. The van der Waals surface area contributed by atoms with Crippen LogP contribution in [-0.2, 0) is 10.3 Å². The molecular weight excluding hydrogens is 200 g/mol. The third-order valence-electron chi connectivity index (χ3n) is 2.80. The van der Waals surface area contributed by atoms with Gasteiger partial charge >= 0.3 is 0 Å². The maximum atomic E-state index is 10.4. The molecule has 0 radical (unpaired) electrons. The highest BCUT2D eigenvalue weighted by Gasteiger charge is 2.24. The highest BCUT2D eigenvalue weighted by molar-refractivity contribution is 5.86. The highest BCUT2D eigenvalue weighted by Crippen LogP contribution is 2.28. The first-order chi connectivity index (χ1) is 7.65. The molecule has 1 N–H and O–H groups in total. The van der Waals surface area contributed by atoms with Crippen molar-refractivity contribution in [3.8, 4) is 0 Å². The Balaban J connectivity index is 2.60. The summed E-state index contributed by atoms with van der Waals surface area (Å²) in [6.45, 7) is 2.07. The molecule has 2 rings (SSSR count). The lowest BCUT2D eigenvalue weighted by molar-refractivity contribution is -0.0197. The molecule has 0 saturated heterocycles. The minimum absolute atomic E-state index is 0.293. The number of hydrogen-bond acceptors (Lipinski definition) is 2. The van der Waals surface area contributed by atoms with Gasteiger partial charge in [-0.1, -0.05) is 42.5 Å². The van der Waals surface area contributed by atoms with Gasteiger partial charge < -0.3 is 9.84 Å². The molecule has 0 aliphatic heterocycles. The van der Waals surface area contributed by atoms with Crippen molar-refractivity contribution in [1.82, 2.24) is 0 Å². The molecule has 0 amide bonds. The first-order valence-corrected chi connectivity index (χ1v) is 5.35. The van der Waals surface area contributed by atoms with Gasteiger partial charge in [-0.3, -0.25) is 0 Å². The molecule has 1 atom stereocenters. The maximum Gasteiger partial charge on any atom is 0.111 e. The van der Waals surface area contributed by atoms with E-state index in [9.17, 15) is 5.11 Å². The van der Waals surface area contributed by atoms with E-state index in [4.69, 9.17) is 4.74 Å². The maximum absolute atomic E-state index is 10.4. The number of ether oxygens (including phenoxy) is 1. The summed E-state index contributed by atoms with van der Waals surface area (Å²) in [7, 11) is 1.60. The Kier molecular flexibility index (Phi) is 2.95. The Morgan fingerprint density at radius 2 is 1.81 bits per heavy atom. The van der Waals surface area contributed by atoms with E-state index in [1.165, 1.54) is 0 Å². The van der Waals surface area contributed by atoms with Crippen LogP contribution >= 0.6 is 0 Å². The molecule has 2 heteroatoms. The third-order valence-corrected chi connectivity index (χ3v) is 2.80. The van der Waals surface area contributed by atoms with Gasteiger partial charge in [0.25, 0.3) is 0 Å². The smallest absolute Gasteiger partial charge is 0.111 e. The number of hydrogen-bond donors (Lipinski definition) is 1. The van der Waals surface area contributed by atoms with Crippen molar-refractivity contribution in [1.29, 1.82) is 0 Å². The fraction of sp³-hybridized carbons (Fsp3) is 0.286. The molecule has 0 aromatic heterocycles. The predicted molar refractivity (Wildman–Crippen MR) is 65.4 cm³/mol. The van der Waals surface area contributed by atoms with Crippen molar-refractivity contribution >= 4 is 10.8 Å². The van der Waals surface area contributed by atoms with Gasteiger partial charge in [0.15, 0.2) is 0 Å². The van der Waals surface area contributed by atoms with Crippen LogP contribution in [0.15, 0.2) is 42.5 Å². The molecule has 1 unspecified atom stereocenters. The average molecular weight is 216 g/mol. The SMILES string of the molecule is COCC(C)(O)c1cccc2ccccc12. The Hall–Kier alpha value is -1.38. The fourth-order valence-corrected chi connectivity index (χ4v) is 2.05. The van der Waals surface area contributed by atoms with Crippen molar-refractivity contribution in [3.63, 3.8) is 0 Å². The van der Waals surface area contributed by atoms with E-state index in [-0.39, 0.29) is 0 Å². The van der Waals surface area contributed by atoms with Crippen LogP contribution in [0.4, 0.5) is 0 Å². The quantitative estimate of drug-likeness (QED) is 0.854. The second-order valence-electron chi connectivity index (χ2n) is 4.23. The minimum atomic E-state index is -0.949. The Bertz CT molecular complexity index is 484. The molecule has 0 bridgehead atoms. The van der Waals surface area contributed by atoms with Crippen LogP contribution < -0.4 is 0 Å². The Labute approximate surface area is 95.5 Å². The summed E-state index contributed by atoms with van der Waals surface area (Å²) in [5, 5.41) is 12.6. The highest BCUT2D eigenvalue weighted by atomic mass is 16.5. The van der Waals surface area contributed by atoms with E-state index in [0.717, 1.165) is 16.3 Å². The topological polar surface area (TPSA) is 29.5 Å². The summed E-state index contributed by atoms with van der Waals surface area (Å²) >= 11 is 0. The van der Waals surface area contributed by atoms with Gasteiger partial charge in [-0.05, 0) is 23.3 Å². The van der Waals surface area contributed by atoms with Gasteiger partial charge in [-0.15, -0.1) is 0 Å². The summed E-state index contributed by atoms with van der Waals surface area (Å²) in [5.74, 6) is 0. The zero-order chi connectivity index (χ0) is 11.6. The van der Waals surface area contributed by atoms with Crippen molar-refractivity contribution in [2.75, 3.05) is 13.7 Å². The Morgan fingerprint density at radius 3 is 2.56 bits per heavy atom. The van der Waals surface area contributed by atoms with Crippen LogP contribution in [-0.4, -0.2) is 18.8 Å². The molecule has 2 nitrogen and oxygen atoms in total. The summed E-state index contributed by atoms with van der Waals surface area (Å²) in [5.41, 5.74) is -0.0391. The van der Waals surface area contributed by atoms with E-state index in [1.807, 2.05) is 42.5 Å². The van der Waals surface area contributed by atoms with Gasteiger partial charge in [0, 0.05) is 7.11 Å². The molecule has 0 aliphatic rings. The lowest BCUT2D eigenvalue weighted by atomic mass is 9.91. The van der Waals surface area contributed by atoms with Crippen molar-refractivity contribution in [2.45, 2.75) is 12.5 Å². The van der Waals surface area contributed by atoms with Crippen LogP contribution in [0.5, 0.6) is 0 Å². The fourth-order valence-electron chi connectivity index (χ4n) is 2.05. The second-order valence-corrected chi connectivity index (χ2v) is 4.23. The molecule has 0 heterocycles. The van der Waals surface area contributed by atoms with E-state index >= 15 is 0 Å². The first-order valence-electron chi connectivity index (χ1n) is 5.35. The van der Waals surface area contributed by atoms with Gasteiger partial charge in [0.2, 0.25) is 0 Å². The zero-order valence-electron chi connectivity index (χ0n) is 9.60. The van der Waals surface area contributed by atoms with Crippen LogP contribution in [0.3, 0.4) is 0 Å². The van der Waals surface area contributed by atoms with Crippen LogP contribution in [0.1, 0.15) is 12.5 Å². The molecule has 2 aromatic carbocycles. The van der Waals surface area contributed by atoms with Crippen molar-refractivity contribution in [3.05, 3.63) is 48.0 Å². The Morgan fingerprint density at radius 1 is 1.12 bits per heavy atom. The molecular formula is C14H16O2. The monoisotopic (exact) mass is 216 g/mol. The van der Waals surface area contributed by atoms with E-state index in [2.05, 4.69) is 0 Å². The molecule has 0 saturated carbocycles. The first kappa shape index (κ1) is 11.1. The van der Waals surface area contributed by atoms with Crippen molar-refractivity contribution < 1.29 is 9.84 Å². The zero-order valence-corrected chi connectivity index (χ0v) is 9.60. The van der Waals surface area contributed by atoms with E-state index in [1.54, 1.807) is 14.0 Å². The molecule has 0 fully saturated rings. The lowest BCUT2D eigenvalue weighted by Gasteiger charge is -2.24. The van der Waals surface area contributed by atoms with Gasteiger partial charge in [0.05, 0.1) is 6.61 Å². The molecule has 84 valence electrons. The standard InChI is InChI=1S/C14H16O2/c1-14(15,10-16-2)13-9-5-7-11-6-3-4-8-12(11)13/h3-9,15H,10H2,1-2H3. The molecule has 0 aliphatic carbocycles.